The molecule has 3 aliphatic heterocycles. The molecule has 8 nitrogen and oxygen atoms in total. The fourth-order valence-electron chi connectivity index (χ4n) is 6.70. The summed E-state index contributed by atoms with van der Waals surface area (Å²) in [6.45, 7) is 0.682. The highest BCUT2D eigenvalue weighted by Crippen LogP contribution is 2.62. The van der Waals surface area contributed by atoms with Gasteiger partial charge in [-0.25, -0.2) is 9.37 Å². The van der Waals surface area contributed by atoms with Crippen molar-refractivity contribution in [2.45, 2.75) is 31.2 Å². The Hall–Kier alpha value is -3.76. The minimum Gasteiger partial charge on any atom is -0.341 e. The molecule has 1 saturated carbocycles. The number of fused-ring (bicyclic) bond motifs is 6. The van der Waals surface area contributed by atoms with Gasteiger partial charge in [-0.3, -0.25) is 14.6 Å². The van der Waals surface area contributed by atoms with Crippen molar-refractivity contribution < 1.29 is 14.0 Å². The third kappa shape index (κ3) is 3.40. The molecule has 11 heteroatoms. The molecule has 1 amide bonds. The molecule has 0 bridgehead atoms. The number of carbonyl (C=O) groups excluding carboxylic acids is 2. The van der Waals surface area contributed by atoms with Crippen LogP contribution in [0.15, 0.2) is 74.7 Å². The first-order valence-corrected chi connectivity index (χ1v) is 13.9. The Bertz CT molecular complexity index is 1790. The molecule has 39 heavy (non-hydrogen) atoms. The van der Waals surface area contributed by atoms with Crippen molar-refractivity contribution in [3.63, 3.8) is 0 Å². The van der Waals surface area contributed by atoms with Gasteiger partial charge in [-0.15, -0.1) is 5.10 Å². The number of aromatic nitrogens is 4. The number of H-pyrrole nitrogens is 1. The normalized spacial score (nSPS) is 25.4. The van der Waals surface area contributed by atoms with Gasteiger partial charge in [0.1, 0.15) is 17.2 Å². The van der Waals surface area contributed by atoms with Crippen LogP contribution in [0.5, 0.6) is 0 Å². The van der Waals surface area contributed by atoms with E-state index in [9.17, 15) is 9.59 Å². The zero-order chi connectivity index (χ0) is 26.5. The molecular formula is C28H20ClFN6O2S. The number of nitrogens with one attached hydrogen (secondary N) is 1. The van der Waals surface area contributed by atoms with Gasteiger partial charge in [-0.1, -0.05) is 22.2 Å². The number of halogens is 2. The van der Waals surface area contributed by atoms with Crippen LogP contribution in [0, 0.1) is 5.41 Å². The number of rotatable bonds is 2. The standard InChI is InChI=1S/C28H20ClFN6O2S/c29-18-10-31-9-16-24(15-6-14(37)7-19(30)25(15)18)17(12-36-23(38)8-28(3-4-28)26(16)36)27-32-11-21(33-27)13-1-2-22-20(5-13)34-35-39-22/h1-2,5-7,10-11,17,26H,3-4,8-9,12H2,(H,32,33)/t17?,26-/m0/s1. The number of hydrogen-bond donors (Lipinski definition) is 1. The molecule has 1 aromatic carbocycles. The molecule has 2 aromatic heterocycles. The predicted molar refractivity (Wildman–Crippen MR) is 145 cm³/mol. The maximum atomic E-state index is 15.3. The van der Waals surface area contributed by atoms with E-state index in [0.29, 0.717) is 30.9 Å². The van der Waals surface area contributed by atoms with Gasteiger partial charge >= 0.3 is 0 Å². The number of nitrogens with zero attached hydrogens (tertiary/aromatic N) is 5. The quantitative estimate of drug-likeness (QED) is 0.487. The number of aromatic amines is 1. The number of aliphatic imine (C=N–C) groups is 1. The minimum atomic E-state index is -0.683. The highest BCUT2D eigenvalue weighted by Gasteiger charge is 2.62. The lowest BCUT2D eigenvalue weighted by Gasteiger charge is -2.42. The Kier molecular flexibility index (Phi) is 4.82. The van der Waals surface area contributed by atoms with Crippen LogP contribution in [0.1, 0.15) is 31.0 Å². The summed E-state index contributed by atoms with van der Waals surface area (Å²) in [4.78, 5) is 40.6. The third-order valence-corrected chi connectivity index (χ3v) is 9.55. The van der Waals surface area contributed by atoms with Gasteiger partial charge in [0, 0.05) is 41.8 Å². The fraction of sp³-hybridized carbons (Fsp3) is 0.286. The van der Waals surface area contributed by atoms with Gasteiger partial charge in [0.15, 0.2) is 5.78 Å². The van der Waals surface area contributed by atoms with Crippen molar-refractivity contribution in [2.75, 3.05) is 13.1 Å². The molecule has 194 valence electrons. The number of ketones is 1. The van der Waals surface area contributed by atoms with Crippen LogP contribution in [0.25, 0.3) is 21.5 Å². The van der Waals surface area contributed by atoms with E-state index in [0.717, 1.165) is 51.5 Å². The van der Waals surface area contributed by atoms with E-state index in [4.69, 9.17) is 16.6 Å². The number of amides is 1. The molecule has 1 spiro atoms. The van der Waals surface area contributed by atoms with Crippen LogP contribution < -0.4 is 0 Å². The molecule has 3 aromatic rings. The number of imidazole rings is 1. The molecule has 1 saturated heterocycles. The molecule has 5 heterocycles. The molecule has 8 rings (SSSR count). The van der Waals surface area contributed by atoms with Gasteiger partial charge in [0.2, 0.25) is 5.91 Å². The second-order valence-corrected chi connectivity index (χ2v) is 12.0. The van der Waals surface area contributed by atoms with E-state index < -0.39 is 17.5 Å². The van der Waals surface area contributed by atoms with Crippen molar-refractivity contribution in [3.8, 4) is 11.3 Å². The molecule has 2 fully saturated rings. The highest BCUT2D eigenvalue weighted by atomic mass is 35.5. The molecule has 1 unspecified atom stereocenters. The number of allylic oxidation sites excluding steroid dienone is 6. The van der Waals surface area contributed by atoms with Gasteiger partial charge in [-0.2, -0.15) is 0 Å². The smallest absolute Gasteiger partial charge is 0.223 e. The Morgan fingerprint density at radius 2 is 2.08 bits per heavy atom. The zero-order valence-electron chi connectivity index (χ0n) is 20.4. The largest absolute Gasteiger partial charge is 0.341 e. The lowest BCUT2D eigenvalue weighted by molar-refractivity contribution is -0.129. The topological polar surface area (TPSA) is 104 Å². The summed E-state index contributed by atoms with van der Waals surface area (Å²) in [6.07, 6.45) is 8.03. The van der Waals surface area contributed by atoms with E-state index in [-0.39, 0.29) is 28.0 Å². The molecule has 2 atom stereocenters. The lowest BCUT2D eigenvalue weighted by Crippen LogP contribution is -2.46. The van der Waals surface area contributed by atoms with Gasteiger partial charge in [0.05, 0.1) is 40.1 Å². The van der Waals surface area contributed by atoms with Gasteiger partial charge < -0.3 is 9.88 Å². The van der Waals surface area contributed by atoms with E-state index in [1.165, 1.54) is 23.8 Å². The lowest BCUT2D eigenvalue weighted by atomic mass is 9.74. The van der Waals surface area contributed by atoms with E-state index in [1.54, 1.807) is 6.20 Å². The Morgan fingerprint density at radius 1 is 1.21 bits per heavy atom. The van der Waals surface area contributed by atoms with Crippen LogP contribution in [0.4, 0.5) is 4.39 Å². The van der Waals surface area contributed by atoms with Crippen molar-refractivity contribution >= 4 is 51.3 Å². The first-order valence-electron chi connectivity index (χ1n) is 12.8. The van der Waals surface area contributed by atoms with Crippen LogP contribution in [-0.4, -0.2) is 61.5 Å². The second kappa shape index (κ2) is 8.12. The Labute approximate surface area is 230 Å². The summed E-state index contributed by atoms with van der Waals surface area (Å²) in [6, 6.07) is 5.77. The summed E-state index contributed by atoms with van der Waals surface area (Å²) in [5.41, 5.74) is 4.71. The maximum Gasteiger partial charge on any atom is 0.223 e. The molecule has 1 N–H and O–H groups in total. The van der Waals surface area contributed by atoms with E-state index >= 15 is 4.39 Å². The van der Waals surface area contributed by atoms with Crippen molar-refractivity contribution in [1.29, 1.82) is 0 Å². The summed E-state index contributed by atoms with van der Waals surface area (Å²) >= 11 is 7.87. The van der Waals surface area contributed by atoms with Crippen LogP contribution in [0.3, 0.4) is 0 Å². The van der Waals surface area contributed by atoms with Crippen molar-refractivity contribution in [3.05, 3.63) is 75.5 Å². The minimum absolute atomic E-state index is 0.113. The molecular weight excluding hydrogens is 539 g/mol. The van der Waals surface area contributed by atoms with Crippen molar-refractivity contribution in [1.82, 2.24) is 24.5 Å². The predicted octanol–water partition coefficient (Wildman–Crippen LogP) is 4.80. The summed E-state index contributed by atoms with van der Waals surface area (Å²) in [5, 5.41) is 4.32. The van der Waals surface area contributed by atoms with Crippen LogP contribution in [0.2, 0.25) is 0 Å². The average molecular weight is 559 g/mol. The monoisotopic (exact) mass is 558 g/mol. The number of carbonyl (C=O) groups is 2. The third-order valence-electron chi connectivity index (χ3n) is 8.55. The Morgan fingerprint density at radius 3 is 2.92 bits per heavy atom. The van der Waals surface area contributed by atoms with E-state index in [1.807, 2.05) is 23.1 Å². The van der Waals surface area contributed by atoms with Crippen LogP contribution in [-0.2, 0) is 9.59 Å². The SMILES string of the molecule is O=C1C=C(F)C2=C(Cl)C=NCC3=C(C2=C1)C(c1ncc(-c2ccc4snnc4c2)[nH]1)CN1C(=O)CC2(CC2)[C@H]31. The van der Waals surface area contributed by atoms with Crippen molar-refractivity contribution in [2.24, 2.45) is 10.4 Å². The molecule has 2 aliphatic carbocycles. The number of benzene rings is 1. The Balaban J connectivity index is 1.32. The zero-order valence-corrected chi connectivity index (χ0v) is 22.0. The van der Waals surface area contributed by atoms with Gasteiger partial charge in [0.25, 0.3) is 0 Å². The van der Waals surface area contributed by atoms with Gasteiger partial charge in [-0.05, 0) is 59.3 Å². The van der Waals surface area contributed by atoms with Crippen LogP contribution >= 0.6 is 23.1 Å². The average Bonchev–Trinajstić information content (AvgIpc) is 3.24. The summed E-state index contributed by atoms with van der Waals surface area (Å²) < 4.78 is 20.3. The number of hydrogen-bond acceptors (Lipinski definition) is 7. The summed E-state index contributed by atoms with van der Waals surface area (Å²) in [5.74, 6) is -0.805. The fourth-order valence-corrected chi connectivity index (χ4v) is 7.50. The highest BCUT2D eigenvalue weighted by molar-refractivity contribution is 7.12. The molecule has 0 radical (unpaired) electrons. The molecule has 5 aliphatic rings. The first-order chi connectivity index (χ1) is 18.9. The van der Waals surface area contributed by atoms with E-state index in [2.05, 4.69) is 19.6 Å². The maximum absolute atomic E-state index is 15.3. The second-order valence-electron chi connectivity index (χ2n) is 10.8. The first kappa shape index (κ1) is 23.2. The summed E-state index contributed by atoms with van der Waals surface area (Å²) in [7, 11) is 0.